The second-order valence-electron chi connectivity index (χ2n) is 7.06. The number of amides is 1. The molecule has 4 heterocycles. The lowest BCUT2D eigenvalue weighted by atomic mass is 10.3. The van der Waals surface area contributed by atoms with Gasteiger partial charge < -0.3 is 9.32 Å². The Morgan fingerprint density at radius 3 is 2.90 bits per heavy atom. The third-order valence-electron chi connectivity index (χ3n) is 5.00. The van der Waals surface area contributed by atoms with Crippen LogP contribution in [0.4, 0.5) is 0 Å². The van der Waals surface area contributed by atoms with E-state index in [0.717, 1.165) is 54.8 Å². The SMILES string of the molecule is CCCc1n[nH]c(=S)n1CC(=O)N1CCN(Cc2csc(-c3ccco3)n2)CC1. The molecule has 1 amide bonds. The van der Waals surface area contributed by atoms with Gasteiger partial charge in [0.2, 0.25) is 5.91 Å². The molecule has 0 aliphatic carbocycles. The van der Waals surface area contributed by atoms with Gasteiger partial charge in [0, 0.05) is 44.5 Å². The van der Waals surface area contributed by atoms with E-state index in [2.05, 4.69) is 32.4 Å². The van der Waals surface area contributed by atoms with Crippen molar-refractivity contribution < 1.29 is 9.21 Å². The fourth-order valence-corrected chi connectivity index (χ4v) is 4.43. The largest absolute Gasteiger partial charge is 0.462 e. The molecule has 10 heteroatoms. The van der Waals surface area contributed by atoms with Crippen LogP contribution in [0.1, 0.15) is 24.9 Å². The Bertz CT molecular complexity index is 998. The van der Waals surface area contributed by atoms with Crippen LogP contribution >= 0.6 is 23.6 Å². The lowest BCUT2D eigenvalue weighted by molar-refractivity contribution is -0.133. The van der Waals surface area contributed by atoms with Gasteiger partial charge in [-0.3, -0.25) is 19.4 Å². The van der Waals surface area contributed by atoms with Gasteiger partial charge in [-0.2, -0.15) is 5.10 Å². The molecule has 0 bridgehead atoms. The third-order valence-corrected chi connectivity index (χ3v) is 6.22. The zero-order valence-corrected chi connectivity index (χ0v) is 18.0. The topological polar surface area (TPSA) is 83.2 Å². The highest BCUT2D eigenvalue weighted by Gasteiger charge is 2.23. The smallest absolute Gasteiger partial charge is 0.242 e. The Morgan fingerprint density at radius 2 is 2.17 bits per heavy atom. The highest BCUT2D eigenvalue weighted by atomic mass is 32.1. The number of nitrogens with zero attached hydrogens (tertiary/aromatic N) is 5. The van der Waals surface area contributed by atoms with Gasteiger partial charge in [-0.25, -0.2) is 4.98 Å². The summed E-state index contributed by atoms with van der Waals surface area (Å²) in [6, 6.07) is 3.79. The minimum Gasteiger partial charge on any atom is -0.462 e. The number of carbonyl (C=O) groups is 1. The Morgan fingerprint density at radius 1 is 1.34 bits per heavy atom. The van der Waals surface area contributed by atoms with Gasteiger partial charge in [-0.1, -0.05) is 6.92 Å². The molecule has 1 aliphatic heterocycles. The minimum absolute atomic E-state index is 0.0910. The molecule has 0 spiro atoms. The highest BCUT2D eigenvalue weighted by molar-refractivity contribution is 7.71. The molecule has 0 saturated carbocycles. The number of hydrogen-bond donors (Lipinski definition) is 1. The number of piperazine rings is 1. The van der Waals surface area contributed by atoms with Crippen LogP contribution in [-0.2, 0) is 24.3 Å². The van der Waals surface area contributed by atoms with E-state index in [-0.39, 0.29) is 12.5 Å². The van der Waals surface area contributed by atoms with E-state index < -0.39 is 0 Å². The molecule has 0 unspecified atom stereocenters. The number of aromatic amines is 1. The second-order valence-corrected chi connectivity index (χ2v) is 8.30. The summed E-state index contributed by atoms with van der Waals surface area (Å²) in [5, 5.41) is 10.0. The predicted molar refractivity (Wildman–Crippen MR) is 113 cm³/mol. The zero-order valence-electron chi connectivity index (χ0n) is 16.3. The van der Waals surface area contributed by atoms with Gasteiger partial charge in [0.05, 0.1) is 12.0 Å². The molecule has 1 N–H and O–H groups in total. The van der Waals surface area contributed by atoms with Gasteiger partial charge in [0.15, 0.2) is 15.5 Å². The fourth-order valence-electron chi connectivity index (χ4n) is 3.44. The average Bonchev–Trinajstić information content (AvgIpc) is 3.47. The van der Waals surface area contributed by atoms with Gasteiger partial charge >= 0.3 is 0 Å². The van der Waals surface area contributed by atoms with Crippen LogP contribution in [0.15, 0.2) is 28.2 Å². The second kappa shape index (κ2) is 9.02. The number of carbonyl (C=O) groups excluding carboxylic acids is 1. The van der Waals surface area contributed by atoms with Gasteiger partial charge in [-0.15, -0.1) is 11.3 Å². The summed E-state index contributed by atoms with van der Waals surface area (Å²) in [5.74, 6) is 1.74. The zero-order chi connectivity index (χ0) is 20.2. The van der Waals surface area contributed by atoms with Crippen molar-refractivity contribution in [2.45, 2.75) is 32.9 Å². The molecular formula is C19H24N6O2S2. The molecule has 3 aromatic rings. The van der Waals surface area contributed by atoms with Gasteiger partial charge in [-0.05, 0) is 30.8 Å². The fraction of sp³-hybridized carbons (Fsp3) is 0.474. The molecule has 0 aromatic carbocycles. The van der Waals surface area contributed by atoms with Crippen molar-refractivity contribution in [3.8, 4) is 10.8 Å². The molecule has 29 heavy (non-hydrogen) atoms. The van der Waals surface area contributed by atoms with Crippen LogP contribution in [0.3, 0.4) is 0 Å². The van der Waals surface area contributed by atoms with E-state index in [9.17, 15) is 4.79 Å². The number of aromatic nitrogens is 4. The van der Waals surface area contributed by atoms with E-state index in [1.54, 1.807) is 17.6 Å². The summed E-state index contributed by atoms with van der Waals surface area (Å²) < 4.78 is 7.74. The molecule has 154 valence electrons. The summed E-state index contributed by atoms with van der Waals surface area (Å²) >= 11 is 6.88. The number of furan rings is 1. The first-order valence-electron chi connectivity index (χ1n) is 9.76. The molecular weight excluding hydrogens is 408 g/mol. The van der Waals surface area contributed by atoms with E-state index in [4.69, 9.17) is 16.6 Å². The van der Waals surface area contributed by atoms with E-state index in [1.807, 2.05) is 21.6 Å². The number of thiazole rings is 1. The maximum absolute atomic E-state index is 12.8. The maximum atomic E-state index is 12.8. The van der Waals surface area contributed by atoms with Crippen molar-refractivity contribution in [3.05, 3.63) is 40.1 Å². The minimum atomic E-state index is 0.0910. The summed E-state index contributed by atoms with van der Waals surface area (Å²) in [6.45, 7) is 6.21. The molecule has 0 radical (unpaired) electrons. The number of hydrogen-bond acceptors (Lipinski definition) is 7. The Hall–Kier alpha value is -2.30. The number of aryl methyl sites for hydroxylation is 1. The van der Waals surface area contributed by atoms with Crippen molar-refractivity contribution >= 4 is 29.5 Å². The van der Waals surface area contributed by atoms with Crippen molar-refractivity contribution in [2.24, 2.45) is 0 Å². The molecule has 4 rings (SSSR count). The average molecular weight is 433 g/mol. The van der Waals surface area contributed by atoms with Crippen molar-refractivity contribution in [3.63, 3.8) is 0 Å². The summed E-state index contributed by atoms with van der Waals surface area (Å²) in [4.78, 5) is 21.7. The third kappa shape index (κ3) is 4.65. The highest BCUT2D eigenvalue weighted by Crippen LogP contribution is 2.24. The first-order chi connectivity index (χ1) is 14.1. The molecule has 8 nitrogen and oxygen atoms in total. The van der Waals surface area contributed by atoms with Crippen LogP contribution < -0.4 is 0 Å². The van der Waals surface area contributed by atoms with E-state index >= 15 is 0 Å². The molecule has 3 aromatic heterocycles. The maximum Gasteiger partial charge on any atom is 0.242 e. The first-order valence-corrected chi connectivity index (χ1v) is 11.1. The van der Waals surface area contributed by atoms with Crippen LogP contribution in [0, 0.1) is 4.77 Å². The van der Waals surface area contributed by atoms with Gasteiger partial charge in [0.25, 0.3) is 0 Å². The van der Waals surface area contributed by atoms with Crippen molar-refractivity contribution in [1.29, 1.82) is 0 Å². The van der Waals surface area contributed by atoms with Crippen molar-refractivity contribution in [1.82, 2.24) is 29.5 Å². The molecule has 1 aliphatic rings. The van der Waals surface area contributed by atoms with Gasteiger partial charge in [0.1, 0.15) is 12.4 Å². The number of nitrogens with one attached hydrogen (secondary N) is 1. The normalized spacial score (nSPS) is 15.1. The summed E-state index contributed by atoms with van der Waals surface area (Å²) in [6.07, 6.45) is 3.43. The summed E-state index contributed by atoms with van der Waals surface area (Å²) in [7, 11) is 0. The van der Waals surface area contributed by atoms with Crippen LogP contribution in [0.25, 0.3) is 10.8 Å². The lowest BCUT2D eigenvalue weighted by Gasteiger charge is -2.34. The monoisotopic (exact) mass is 432 g/mol. The molecule has 1 saturated heterocycles. The first kappa shape index (κ1) is 20.0. The number of H-pyrrole nitrogens is 1. The quantitative estimate of drug-likeness (QED) is 0.578. The standard InChI is InChI=1S/C19H24N6O2S2/c1-2-4-16-21-22-19(28)25(16)12-17(26)24-8-6-23(7-9-24)11-14-13-29-18(20-14)15-5-3-10-27-15/h3,5,10,13H,2,4,6-9,11-12H2,1H3,(H,22,28). The molecule has 1 fully saturated rings. The van der Waals surface area contributed by atoms with Crippen LogP contribution in [0.2, 0.25) is 0 Å². The Balaban J connectivity index is 1.30. The van der Waals surface area contributed by atoms with E-state index in [1.165, 1.54) is 0 Å². The Kier molecular flexibility index (Phi) is 6.22. The predicted octanol–water partition coefficient (Wildman–Crippen LogP) is 2.95. The summed E-state index contributed by atoms with van der Waals surface area (Å²) in [5.41, 5.74) is 1.04. The van der Waals surface area contributed by atoms with E-state index in [0.29, 0.717) is 17.9 Å². The lowest BCUT2D eigenvalue weighted by Crippen LogP contribution is -2.49. The Labute approximate surface area is 178 Å². The number of rotatable bonds is 7. The molecule has 0 atom stereocenters. The van der Waals surface area contributed by atoms with Crippen LogP contribution in [-0.4, -0.2) is 61.6 Å². The van der Waals surface area contributed by atoms with Crippen LogP contribution in [0.5, 0.6) is 0 Å². The van der Waals surface area contributed by atoms with Crippen molar-refractivity contribution in [2.75, 3.05) is 26.2 Å².